The first-order valence-corrected chi connectivity index (χ1v) is 8.68. The average Bonchev–Trinajstić information content (AvgIpc) is 3.09. The zero-order valence-corrected chi connectivity index (χ0v) is 15.9. The van der Waals surface area contributed by atoms with Crippen LogP contribution in [0.4, 0.5) is 4.79 Å². The molecule has 3 aliphatic rings. The van der Waals surface area contributed by atoms with E-state index in [0.29, 0.717) is 11.3 Å². The summed E-state index contributed by atoms with van der Waals surface area (Å²) in [5.74, 6) is -1.85. The molecule has 4 rings (SSSR count). The van der Waals surface area contributed by atoms with Gasteiger partial charge in [0.25, 0.3) is 0 Å². The molecule has 1 saturated carbocycles. The van der Waals surface area contributed by atoms with Gasteiger partial charge >= 0.3 is 18.0 Å². The van der Waals surface area contributed by atoms with Gasteiger partial charge in [-0.2, -0.15) is 0 Å². The van der Waals surface area contributed by atoms with Crippen LogP contribution < -0.4 is 0 Å². The van der Waals surface area contributed by atoms with Crippen LogP contribution in [0.3, 0.4) is 0 Å². The van der Waals surface area contributed by atoms with Crippen LogP contribution in [0.2, 0.25) is 0 Å². The van der Waals surface area contributed by atoms with Crippen LogP contribution in [-0.2, 0) is 23.8 Å². The number of nitrogens with zero attached hydrogens (tertiary/aromatic N) is 1. The SMILES string of the molecule is COC(=O)C1=C(C)N(C(=O)OC)C2(C)C3c4ccccc4C1[C@@]32C(=O)OC. The Labute approximate surface area is 156 Å². The van der Waals surface area contributed by atoms with Crippen molar-refractivity contribution in [2.24, 2.45) is 5.41 Å². The molecule has 1 amide bonds. The summed E-state index contributed by atoms with van der Waals surface area (Å²) < 4.78 is 15.2. The lowest BCUT2D eigenvalue weighted by molar-refractivity contribution is -0.150. The van der Waals surface area contributed by atoms with Crippen molar-refractivity contribution in [2.45, 2.75) is 31.2 Å². The van der Waals surface area contributed by atoms with Gasteiger partial charge in [0.05, 0.1) is 32.4 Å². The van der Waals surface area contributed by atoms with E-state index in [9.17, 15) is 14.4 Å². The summed E-state index contributed by atoms with van der Waals surface area (Å²) in [6, 6.07) is 7.62. The minimum atomic E-state index is -1.08. The molecular weight excluding hydrogens is 350 g/mol. The van der Waals surface area contributed by atoms with Gasteiger partial charge in [-0.05, 0) is 25.0 Å². The van der Waals surface area contributed by atoms with E-state index in [1.54, 1.807) is 6.92 Å². The van der Waals surface area contributed by atoms with Crippen LogP contribution >= 0.6 is 0 Å². The molecule has 0 radical (unpaired) electrons. The number of benzene rings is 1. The second-order valence-electron chi connectivity index (χ2n) is 7.30. The van der Waals surface area contributed by atoms with Crippen molar-refractivity contribution in [3.05, 3.63) is 46.7 Å². The first kappa shape index (κ1) is 17.6. The molecule has 0 spiro atoms. The largest absolute Gasteiger partial charge is 0.468 e. The normalized spacial score (nSPS) is 32.4. The highest BCUT2D eigenvalue weighted by atomic mass is 16.5. The van der Waals surface area contributed by atoms with Crippen molar-refractivity contribution in [1.82, 2.24) is 4.90 Å². The number of hydrogen-bond donors (Lipinski definition) is 0. The third kappa shape index (κ3) is 1.66. The topological polar surface area (TPSA) is 82.1 Å². The fourth-order valence-electron chi connectivity index (χ4n) is 5.70. The van der Waals surface area contributed by atoms with E-state index >= 15 is 0 Å². The van der Waals surface area contributed by atoms with Gasteiger partial charge in [-0.3, -0.25) is 9.69 Å². The zero-order chi connectivity index (χ0) is 19.7. The number of rotatable bonds is 2. The lowest BCUT2D eigenvalue weighted by Gasteiger charge is -2.43. The summed E-state index contributed by atoms with van der Waals surface area (Å²) in [4.78, 5) is 40.0. The Bertz CT molecular complexity index is 921. The van der Waals surface area contributed by atoms with Gasteiger partial charge in [-0.25, -0.2) is 9.59 Å². The second kappa shape index (κ2) is 5.34. The number of carbonyl (C=O) groups excluding carboxylic acids is 3. The minimum Gasteiger partial charge on any atom is -0.468 e. The summed E-state index contributed by atoms with van der Waals surface area (Å²) in [6.07, 6.45) is -0.620. The van der Waals surface area contributed by atoms with E-state index in [2.05, 4.69) is 0 Å². The van der Waals surface area contributed by atoms with E-state index < -0.39 is 34.9 Å². The monoisotopic (exact) mass is 371 g/mol. The van der Waals surface area contributed by atoms with Crippen molar-refractivity contribution in [3.8, 4) is 0 Å². The molecule has 0 saturated heterocycles. The molecule has 142 valence electrons. The molecular formula is C20H21NO6. The maximum Gasteiger partial charge on any atom is 0.414 e. The summed E-state index contributed by atoms with van der Waals surface area (Å²) >= 11 is 0. The quantitative estimate of drug-likeness (QED) is 0.586. The summed E-state index contributed by atoms with van der Waals surface area (Å²) in [6.45, 7) is 3.54. The first-order chi connectivity index (χ1) is 12.8. The predicted octanol–water partition coefficient (Wildman–Crippen LogP) is 2.33. The number of esters is 2. The lowest BCUT2D eigenvalue weighted by Crippen LogP contribution is -2.52. The highest BCUT2D eigenvalue weighted by Gasteiger charge is 2.90. The highest BCUT2D eigenvalue weighted by Crippen LogP contribution is 2.84. The van der Waals surface area contributed by atoms with Gasteiger partial charge in [-0.15, -0.1) is 0 Å². The molecule has 7 heteroatoms. The Balaban J connectivity index is 2.08. The van der Waals surface area contributed by atoms with Gasteiger partial charge in [0, 0.05) is 17.5 Å². The molecule has 0 N–H and O–H groups in total. The van der Waals surface area contributed by atoms with Crippen LogP contribution in [0, 0.1) is 5.41 Å². The first-order valence-electron chi connectivity index (χ1n) is 8.68. The maximum atomic E-state index is 13.1. The summed E-state index contributed by atoms with van der Waals surface area (Å²) in [5, 5.41) is 0. The van der Waals surface area contributed by atoms with E-state index in [1.807, 2.05) is 31.2 Å². The zero-order valence-electron chi connectivity index (χ0n) is 15.9. The minimum absolute atomic E-state index is 0.290. The molecule has 1 fully saturated rings. The van der Waals surface area contributed by atoms with Crippen molar-refractivity contribution >= 4 is 18.0 Å². The molecule has 1 aromatic carbocycles. The maximum absolute atomic E-state index is 13.1. The Morgan fingerprint density at radius 3 is 2.19 bits per heavy atom. The number of ether oxygens (including phenoxy) is 3. The number of methoxy groups -OCH3 is 3. The molecule has 3 unspecified atom stereocenters. The molecule has 27 heavy (non-hydrogen) atoms. The van der Waals surface area contributed by atoms with Gasteiger partial charge in [-0.1, -0.05) is 24.3 Å². The van der Waals surface area contributed by atoms with Crippen LogP contribution in [0.15, 0.2) is 35.5 Å². The molecule has 0 bridgehead atoms. The summed E-state index contributed by atoms with van der Waals surface area (Å²) in [5.41, 5.74) is 0.611. The van der Waals surface area contributed by atoms with Crippen molar-refractivity contribution in [2.75, 3.05) is 21.3 Å². The highest BCUT2D eigenvalue weighted by molar-refractivity contribution is 6.01. The Morgan fingerprint density at radius 1 is 1.00 bits per heavy atom. The fourth-order valence-corrected chi connectivity index (χ4v) is 5.70. The molecule has 2 aliphatic carbocycles. The average molecular weight is 371 g/mol. The summed E-state index contributed by atoms with van der Waals surface area (Å²) in [7, 11) is 3.89. The van der Waals surface area contributed by atoms with E-state index in [1.165, 1.54) is 26.2 Å². The standard InChI is InChI=1S/C20H21NO6/c1-10-13(16(22)25-3)14-11-8-6-7-9-12(11)15-19(2,21(10)18(24)27-5)20(14,15)17(23)26-4/h6-9,14-15H,1-5H3/t14?,15?,19?,20-/m0/s1. The Hall–Kier alpha value is -2.83. The predicted molar refractivity (Wildman–Crippen MR) is 93.7 cm³/mol. The van der Waals surface area contributed by atoms with Crippen molar-refractivity contribution < 1.29 is 28.6 Å². The number of fused-ring (bicyclic) bond motifs is 4. The molecule has 4 atom stereocenters. The van der Waals surface area contributed by atoms with Gasteiger partial charge in [0.1, 0.15) is 5.41 Å². The van der Waals surface area contributed by atoms with Crippen LogP contribution in [0.25, 0.3) is 0 Å². The number of amides is 1. The van der Waals surface area contributed by atoms with Crippen molar-refractivity contribution in [3.63, 3.8) is 0 Å². The van der Waals surface area contributed by atoms with Gasteiger partial charge in [0.15, 0.2) is 0 Å². The van der Waals surface area contributed by atoms with Gasteiger partial charge < -0.3 is 14.2 Å². The smallest absolute Gasteiger partial charge is 0.414 e. The molecule has 7 nitrogen and oxygen atoms in total. The van der Waals surface area contributed by atoms with E-state index in [4.69, 9.17) is 14.2 Å². The van der Waals surface area contributed by atoms with E-state index in [-0.39, 0.29) is 5.92 Å². The van der Waals surface area contributed by atoms with Crippen LogP contribution in [0.5, 0.6) is 0 Å². The third-order valence-corrected chi connectivity index (χ3v) is 6.61. The third-order valence-electron chi connectivity index (χ3n) is 6.61. The number of hydrogen-bond acceptors (Lipinski definition) is 6. The van der Waals surface area contributed by atoms with Crippen LogP contribution in [-0.4, -0.2) is 49.8 Å². The lowest BCUT2D eigenvalue weighted by atomic mass is 9.73. The fraction of sp³-hybridized carbons (Fsp3) is 0.450. The second-order valence-corrected chi connectivity index (χ2v) is 7.30. The number of carbonyl (C=O) groups is 3. The van der Waals surface area contributed by atoms with Crippen molar-refractivity contribution in [1.29, 1.82) is 0 Å². The molecule has 1 heterocycles. The number of allylic oxidation sites excluding steroid dienone is 1. The molecule has 1 aliphatic heterocycles. The molecule has 1 aromatic rings. The van der Waals surface area contributed by atoms with Gasteiger partial charge in [0.2, 0.25) is 0 Å². The molecule has 0 aromatic heterocycles. The Morgan fingerprint density at radius 2 is 1.63 bits per heavy atom. The Kier molecular flexibility index (Phi) is 3.48. The van der Waals surface area contributed by atoms with Crippen LogP contribution in [0.1, 0.15) is 36.8 Å². The van der Waals surface area contributed by atoms with E-state index in [0.717, 1.165) is 11.1 Å².